The van der Waals surface area contributed by atoms with Crippen LogP contribution < -0.4 is 4.74 Å². The predicted molar refractivity (Wildman–Crippen MR) is 61.2 cm³/mol. The van der Waals surface area contributed by atoms with E-state index in [1.165, 1.54) is 12.1 Å². The molecule has 0 fully saturated rings. The molecule has 0 aliphatic carbocycles. The van der Waals surface area contributed by atoms with Crippen molar-refractivity contribution in [2.24, 2.45) is 0 Å². The van der Waals surface area contributed by atoms with Gasteiger partial charge in [0.05, 0.1) is 6.61 Å². The van der Waals surface area contributed by atoms with Crippen molar-refractivity contribution < 1.29 is 13.9 Å². The SMILES string of the molecule is CCC(=O)CCCOc1ccc(F)cc1C. The number of carbonyl (C=O) groups excluding carboxylic acids is 1. The van der Waals surface area contributed by atoms with Crippen molar-refractivity contribution in [3.8, 4) is 5.75 Å². The van der Waals surface area contributed by atoms with Gasteiger partial charge in [0, 0.05) is 12.8 Å². The van der Waals surface area contributed by atoms with E-state index in [1.807, 2.05) is 6.92 Å². The zero-order valence-corrected chi connectivity index (χ0v) is 9.75. The van der Waals surface area contributed by atoms with Gasteiger partial charge in [-0.25, -0.2) is 4.39 Å². The minimum atomic E-state index is -0.258. The molecule has 0 atom stereocenters. The van der Waals surface area contributed by atoms with Gasteiger partial charge in [0.1, 0.15) is 17.3 Å². The van der Waals surface area contributed by atoms with Crippen LogP contribution in [-0.2, 0) is 4.79 Å². The van der Waals surface area contributed by atoms with Crippen LogP contribution in [0.3, 0.4) is 0 Å². The first-order valence-corrected chi connectivity index (χ1v) is 5.54. The van der Waals surface area contributed by atoms with Crippen molar-refractivity contribution in [1.82, 2.24) is 0 Å². The summed E-state index contributed by atoms with van der Waals surface area (Å²) in [6.07, 6.45) is 1.84. The van der Waals surface area contributed by atoms with Gasteiger partial charge in [-0.15, -0.1) is 0 Å². The molecule has 0 heterocycles. The average Bonchev–Trinajstić information content (AvgIpc) is 2.26. The fourth-order valence-corrected chi connectivity index (χ4v) is 1.40. The van der Waals surface area contributed by atoms with Crippen LogP contribution in [-0.4, -0.2) is 12.4 Å². The summed E-state index contributed by atoms with van der Waals surface area (Å²) in [7, 11) is 0. The van der Waals surface area contributed by atoms with E-state index in [9.17, 15) is 9.18 Å². The van der Waals surface area contributed by atoms with Crippen molar-refractivity contribution in [3.05, 3.63) is 29.6 Å². The Hall–Kier alpha value is -1.38. The highest BCUT2D eigenvalue weighted by Crippen LogP contribution is 2.18. The second-order valence-corrected chi connectivity index (χ2v) is 3.75. The van der Waals surface area contributed by atoms with E-state index in [2.05, 4.69) is 0 Å². The van der Waals surface area contributed by atoms with Crippen molar-refractivity contribution >= 4 is 5.78 Å². The third-order valence-electron chi connectivity index (χ3n) is 2.39. The van der Waals surface area contributed by atoms with E-state index in [0.717, 1.165) is 5.56 Å². The summed E-state index contributed by atoms with van der Waals surface area (Å²) in [5.41, 5.74) is 0.779. The number of ether oxygens (including phenoxy) is 1. The van der Waals surface area contributed by atoms with Gasteiger partial charge in [-0.05, 0) is 37.1 Å². The topological polar surface area (TPSA) is 26.3 Å². The number of ketones is 1. The smallest absolute Gasteiger partial charge is 0.132 e. The van der Waals surface area contributed by atoms with E-state index in [1.54, 1.807) is 13.0 Å². The molecule has 0 radical (unpaired) electrons. The van der Waals surface area contributed by atoms with E-state index in [4.69, 9.17) is 4.74 Å². The predicted octanol–water partition coefficient (Wildman–Crippen LogP) is 3.27. The third kappa shape index (κ3) is 4.01. The summed E-state index contributed by atoms with van der Waals surface area (Å²) in [6.45, 7) is 4.15. The Balaban J connectivity index is 2.35. The molecular formula is C13H17FO2. The first-order chi connectivity index (χ1) is 7.63. The summed E-state index contributed by atoms with van der Waals surface area (Å²) >= 11 is 0. The molecule has 1 rings (SSSR count). The van der Waals surface area contributed by atoms with Crippen LogP contribution in [0.25, 0.3) is 0 Å². The third-order valence-corrected chi connectivity index (χ3v) is 2.39. The highest BCUT2D eigenvalue weighted by molar-refractivity contribution is 5.77. The lowest BCUT2D eigenvalue weighted by atomic mass is 10.2. The number of carbonyl (C=O) groups is 1. The summed E-state index contributed by atoms with van der Waals surface area (Å²) in [5.74, 6) is 0.677. The number of hydrogen-bond donors (Lipinski definition) is 0. The first-order valence-electron chi connectivity index (χ1n) is 5.54. The molecule has 0 saturated heterocycles. The molecule has 1 aromatic rings. The largest absolute Gasteiger partial charge is 0.493 e. The van der Waals surface area contributed by atoms with E-state index >= 15 is 0 Å². The van der Waals surface area contributed by atoms with Crippen LogP contribution in [0, 0.1) is 12.7 Å². The van der Waals surface area contributed by atoms with Crippen LogP contribution in [0.4, 0.5) is 4.39 Å². The Morgan fingerprint density at radius 2 is 2.19 bits per heavy atom. The Morgan fingerprint density at radius 1 is 1.44 bits per heavy atom. The minimum Gasteiger partial charge on any atom is -0.493 e. The quantitative estimate of drug-likeness (QED) is 0.693. The van der Waals surface area contributed by atoms with Gasteiger partial charge >= 0.3 is 0 Å². The number of benzene rings is 1. The number of rotatable bonds is 6. The lowest BCUT2D eigenvalue weighted by molar-refractivity contribution is -0.118. The van der Waals surface area contributed by atoms with Crippen LogP contribution in [0.1, 0.15) is 31.7 Å². The Labute approximate surface area is 95.4 Å². The molecule has 2 nitrogen and oxygen atoms in total. The van der Waals surface area contributed by atoms with Gasteiger partial charge in [-0.1, -0.05) is 6.92 Å². The second kappa shape index (κ2) is 6.26. The number of hydrogen-bond acceptors (Lipinski definition) is 2. The van der Waals surface area contributed by atoms with Crippen LogP contribution in [0.15, 0.2) is 18.2 Å². The molecule has 0 amide bonds. The van der Waals surface area contributed by atoms with Gasteiger partial charge < -0.3 is 4.74 Å². The molecule has 0 N–H and O–H groups in total. The molecule has 0 spiro atoms. The second-order valence-electron chi connectivity index (χ2n) is 3.75. The van der Waals surface area contributed by atoms with Crippen LogP contribution >= 0.6 is 0 Å². The van der Waals surface area contributed by atoms with E-state index in [-0.39, 0.29) is 11.6 Å². The van der Waals surface area contributed by atoms with Gasteiger partial charge in [-0.3, -0.25) is 4.79 Å². The van der Waals surface area contributed by atoms with Gasteiger partial charge in [0.25, 0.3) is 0 Å². The number of halogens is 1. The molecule has 88 valence electrons. The molecule has 3 heteroatoms. The fraction of sp³-hybridized carbons (Fsp3) is 0.462. The number of aryl methyl sites for hydroxylation is 1. The molecule has 0 bridgehead atoms. The Bertz CT molecular complexity index is 361. The standard InChI is InChI=1S/C13H17FO2/c1-3-12(15)5-4-8-16-13-7-6-11(14)9-10(13)2/h6-7,9H,3-5,8H2,1-2H3. The van der Waals surface area contributed by atoms with Crippen LogP contribution in [0.5, 0.6) is 5.75 Å². The average molecular weight is 224 g/mol. The van der Waals surface area contributed by atoms with Gasteiger partial charge in [-0.2, -0.15) is 0 Å². The lowest BCUT2D eigenvalue weighted by Crippen LogP contribution is -2.03. The molecule has 0 saturated carbocycles. The maximum Gasteiger partial charge on any atom is 0.132 e. The zero-order valence-electron chi connectivity index (χ0n) is 9.75. The van der Waals surface area contributed by atoms with Crippen LogP contribution in [0.2, 0.25) is 0 Å². The normalized spacial score (nSPS) is 10.2. The molecule has 16 heavy (non-hydrogen) atoms. The summed E-state index contributed by atoms with van der Waals surface area (Å²) < 4.78 is 18.3. The first kappa shape index (κ1) is 12.7. The van der Waals surface area contributed by atoms with Crippen molar-refractivity contribution in [3.63, 3.8) is 0 Å². The molecular weight excluding hydrogens is 207 g/mol. The summed E-state index contributed by atoms with van der Waals surface area (Å²) in [5, 5.41) is 0. The fourth-order valence-electron chi connectivity index (χ4n) is 1.40. The molecule has 0 aliphatic heterocycles. The molecule has 1 aromatic carbocycles. The van der Waals surface area contributed by atoms with E-state index < -0.39 is 0 Å². The highest BCUT2D eigenvalue weighted by Gasteiger charge is 2.02. The monoisotopic (exact) mass is 224 g/mol. The summed E-state index contributed by atoms with van der Waals surface area (Å²) in [4.78, 5) is 11.0. The number of Topliss-reactive ketones (excluding diaryl/α,β-unsaturated/α-hetero) is 1. The maximum atomic E-state index is 12.8. The minimum absolute atomic E-state index is 0.249. The van der Waals surface area contributed by atoms with E-state index in [0.29, 0.717) is 31.6 Å². The Kier molecular flexibility index (Phi) is 4.96. The summed E-state index contributed by atoms with van der Waals surface area (Å²) in [6, 6.07) is 4.43. The van der Waals surface area contributed by atoms with Crippen molar-refractivity contribution in [2.75, 3.05) is 6.61 Å². The molecule has 0 aromatic heterocycles. The van der Waals surface area contributed by atoms with Gasteiger partial charge in [0.15, 0.2) is 0 Å². The highest BCUT2D eigenvalue weighted by atomic mass is 19.1. The Morgan fingerprint density at radius 3 is 2.81 bits per heavy atom. The zero-order chi connectivity index (χ0) is 12.0. The van der Waals surface area contributed by atoms with Crippen molar-refractivity contribution in [2.45, 2.75) is 33.1 Å². The molecule has 0 unspecified atom stereocenters. The maximum absolute atomic E-state index is 12.8. The van der Waals surface area contributed by atoms with Gasteiger partial charge in [0.2, 0.25) is 0 Å². The lowest BCUT2D eigenvalue weighted by Gasteiger charge is -2.08. The van der Waals surface area contributed by atoms with Crippen molar-refractivity contribution in [1.29, 1.82) is 0 Å². The molecule has 0 aliphatic rings.